The van der Waals surface area contributed by atoms with Crippen LogP contribution in [0.4, 0.5) is 5.69 Å². The SMILES string of the molecule is Cc1ccc2c(c1)cc(-c1ccccc1)n2C(=Nc1ccccc1)N1CCOCC1. The Balaban J connectivity index is 1.77. The number of hydrogen-bond acceptors (Lipinski definition) is 2. The number of nitrogens with zero attached hydrogens (tertiary/aromatic N) is 3. The van der Waals surface area contributed by atoms with Crippen LogP contribution in [0.3, 0.4) is 0 Å². The van der Waals surface area contributed by atoms with Crippen molar-refractivity contribution < 1.29 is 4.74 Å². The first kappa shape index (κ1) is 18.6. The molecule has 150 valence electrons. The quantitative estimate of drug-likeness (QED) is 0.332. The maximum Gasteiger partial charge on any atom is 0.211 e. The highest BCUT2D eigenvalue weighted by Gasteiger charge is 2.22. The van der Waals surface area contributed by atoms with Gasteiger partial charge in [-0.3, -0.25) is 4.57 Å². The van der Waals surface area contributed by atoms with Gasteiger partial charge in [-0.05, 0) is 42.8 Å². The minimum absolute atomic E-state index is 0.715. The van der Waals surface area contributed by atoms with E-state index in [0.717, 1.165) is 30.4 Å². The zero-order valence-electron chi connectivity index (χ0n) is 17.2. The molecule has 4 heteroatoms. The fourth-order valence-corrected chi connectivity index (χ4v) is 4.02. The highest BCUT2D eigenvalue weighted by Crippen LogP contribution is 2.30. The molecule has 1 saturated heterocycles. The number of benzene rings is 3. The number of para-hydroxylation sites is 1. The number of morpholine rings is 1. The van der Waals surface area contributed by atoms with Gasteiger partial charge in [-0.2, -0.15) is 0 Å². The first-order valence-electron chi connectivity index (χ1n) is 10.4. The summed E-state index contributed by atoms with van der Waals surface area (Å²) in [6.45, 7) is 5.22. The third-order valence-corrected chi connectivity index (χ3v) is 5.51. The van der Waals surface area contributed by atoms with Crippen molar-refractivity contribution >= 4 is 22.5 Å². The Morgan fingerprint density at radius 1 is 0.833 bits per heavy atom. The molecule has 4 nitrogen and oxygen atoms in total. The summed E-state index contributed by atoms with van der Waals surface area (Å²) in [6, 6.07) is 29.7. The van der Waals surface area contributed by atoms with Gasteiger partial charge in [0.15, 0.2) is 0 Å². The molecule has 5 rings (SSSR count). The highest BCUT2D eigenvalue weighted by atomic mass is 16.5. The van der Waals surface area contributed by atoms with Gasteiger partial charge in [0, 0.05) is 18.5 Å². The molecular weight excluding hydrogens is 370 g/mol. The molecule has 0 saturated carbocycles. The number of ether oxygens (including phenoxy) is 1. The zero-order chi connectivity index (χ0) is 20.3. The molecule has 2 heterocycles. The normalized spacial score (nSPS) is 15.0. The topological polar surface area (TPSA) is 29.8 Å². The van der Waals surface area contributed by atoms with Gasteiger partial charge in [-0.1, -0.05) is 60.2 Å². The molecule has 0 spiro atoms. The van der Waals surface area contributed by atoms with Gasteiger partial charge in [0.05, 0.1) is 30.1 Å². The van der Waals surface area contributed by atoms with Crippen LogP contribution in [0.5, 0.6) is 0 Å². The number of rotatable bonds is 2. The van der Waals surface area contributed by atoms with Crippen LogP contribution in [0, 0.1) is 6.92 Å². The van der Waals surface area contributed by atoms with E-state index in [2.05, 4.69) is 83.1 Å². The van der Waals surface area contributed by atoms with E-state index in [9.17, 15) is 0 Å². The van der Waals surface area contributed by atoms with E-state index < -0.39 is 0 Å². The predicted octanol–water partition coefficient (Wildman–Crippen LogP) is 5.48. The highest BCUT2D eigenvalue weighted by molar-refractivity contribution is 6.00. The Morgan fingerprint density at radius 2 is 1.53 bits per heavy atom. The first-order valence-corrected chi connectivity index (χ1v) is 10.4. The molecular formula is C26H25N3O. The smallest absolute Gasteiger partial charge is 0.211 e. The van der Waals surface area contributed by atoms with E-state index in [-0.39, 0.29) is 0 Å². The van der Waals surface area contributed by atoms with Gasteiger partial charge in [-0.15, -0.1) is 0 Å². The van der Waals surface area contributed by atoms with Crippen molar-refractivity contribution in [2.24, 2.45) is 4.99 Å². The number of fused-ring (bicyclic) bond motifs is 1. The number of aryl methyl sites for hydroxylation is 1. The van der Waals surface area contributed by atoms with Crippen LogP contribution < -0.4 is 0 Å². The molecule has 4 aromatic rings. The molecule has 1 aliphatic heterocycles. The van der Waals surface area contributed by atoms with Gasteiger partial charge >= 0.3 is 0 Å². The van der Waals surface area contributed by atoms with Crippen LogP contribution in [0.25, 0.3) is 22.2 Å². The van der Waals surface area contributed by atoms with E-state index in [4.69, 9.17) is 9.73 Å². The second-order valence-corrected chi connectivity index (χ2v) is 7.64. The second kappa shape index (κ2) is 8.17. The first-order chi connectivity index (χ1) is 14.8. The second-order valence-electron chi connectivity index (χ2n) is 7.64. The minimum atomic E-state index is 0.715. The lowest BCUT2D eigenvalue weighted by atomic mass is 10.1. The molecule has 0 radical (unpaired) electrons. The van der Waals surface area contributed by atoms with Crippen molar-refractivity contribution in [3.63, 3.8) is 0 Å². The van der Waals surface area contributed by atoms with Crippen molar-refractivity contribution in [1.82, 2.24) is 9.47 Å². The zero-order valence-corrected chi connectivity index (χ0v) is 17.2. The maximum atomic E-state index is 5.63. The lowest BCUT2D eigenvalue weighted by molar-refractivity contribution is 0.0668. The molecule has 0 unspecified atom stereocenters. The van der Waals surface area contributed by atoms with Gasteiger partial charge < -0.3 is 9.64 Å². The van der Waals surface area contributed by atoms with Gasteiger partial charge in [0.2, 0.25) is 5.96 Å². The van der Waals surface area contributed by atoms with Crippen molar-refractivity contribution in [1.29, 1.82) is 0 Å². The fourth-order valence-electron chi connectivity index (χ4n) is 4.02. The fraction of sp³-hybridized carbons (Fsp3) is 0.192. The van der Waals surface area contributed by atoms with Crippen molar-refractivity contribution in [2.75, 3.05) is 26.3 Å². The summed E-state index contributed by atoms with van der Waals surface area (Å²) in [7, 11) is 0. The number of hydrogen-bond donors (Lipinski definition) is 0. The molecule has 1 aromatic heterocycles. The maximum absolute atomic E-state index is 5.63. The molecule has 0 aliphatic carbocycles. The Morgan fingerprint density at radius 3 is 2.27 bits per heavy atom. The predicted molar refractivity (Wildman–Crippen MR) is 123 cm³/mol. The summed E-state index contributed by atoms with van der Waals surface area (Å²) in [6.07, 6.45) is 0. The summed E-state index contributed by atoms with van der Waals surface area (Å²) in [4.78, 5) is 7.47. The summed E-state index contributed by atoms with van der Waals surface area (Å²) in [5, 5.41) is 1.22. The Hall–Kier alpha value is -3.37. The molecule has 1 aliphatic rings. The lowest BCUT2D eigenvalue weighted by Crippen LogP contribution is -2.44. The lowest BCUT2D eigenvalue weighted by Gasteiger charge is -2.31. The van der Waals surface area contributed by atoms with E-state index >= 15 is 0 Å². The average molecular weight is 396 g/mol. The van der Waals surface area contributed by atoms with Crippen molar-refractivity contribution in [3.05, 3.63) is 90.5 Å². The van der Waals surface area contributed by atoms with Crippen LogP contribution in [-0.2, 0) is 4.74 Å². The van der Waals surface area contributed by atoms with Crippen LogP contribution in [-0.4, -0.2) is 41.7 Å². The standard InChI is InChI=1S/C26H25N3O/c1-20-12-13-24-22(18-20)19-25(21-8-4-2-5-9-21)29(24)26(28-14-16-30-17-15-28)27-23-10-6-3-7-11-23/h2-13,18-19H,14-17H2,1H3. The van der Waals surface area contributed by atoms with E-state index in [1.165, 1.54) is 22.0 Å². The van der Waals surface area contributed by atoms with Gasteiger partial charge in [0.25, 0.3) is 0 Å². The van der Waals surface area contributed by atoms with E-state index in [1.807, 2.05) is 18.2 Å². The van der Waals surface area contributed by atoms with Gasteiger partial charge in [-0.25, -0.2) is 4.99 Å². The van der Waals surface area contributed by atoms with Crippen LogP contribution in [0.15, 0.2) is 89.9 Å². The molecule has 30 heavy (non-hydrogen) atoms. The number of aliphatic imine (C=N–C) groups is 1. The third-order valence-electron chi connectivity index (χ3n) is 5.51. The summed E-state index contributed by atoms with van der Waals surface area (Å²) in [5.74, 6) is 0.946. The third kappa shape index (κ3) is 3.62. The minimum Gasteiger partial charge on any atom is -0.378 e. The van der Waals surface area contributed by atoms with Crippen molar-refractivity contribution in [2.45, 2.75) is 6.92 Å². The molecule has 3 aromatic carbocycles. The molecule has 0 N–H and O–H groups in total. The van der Waals surface area contributed by atoms with Crippen LogP contribution in [0.2, 0.25) is 0 Å². The van der Waals surface area contributed by atoms with Gasteiger partial charge in [0.1, 0.15) is 0 Å². The van der Waals surface area contributed by atoms with Crippen LogP contribution in [0.1, 0.15) is 5.56 Å². The Bertz CT molecular complexity index is 1170. The van der Waals surface area contributed by atoms with Crippen LogP contribution >= 0.6 is 0 Å². The van der Waals surface area contributed by atoms with E-state index in [1.54, 1.807) is 0 Å². The Kier molecular flexibility index (Phi) is 5.08. The van der Waals surface area contributed by atoms with E-state index in [0.29, 0.717) is 13.2 Å². The molecule has 0 amide bonds. The van der Waals surface area contributed by atoms with Crippen molar-refractivity contribution in [3.8, 4) is 11.3 Å². The monoisotopic (exact) mass is 395 g/mol. The summed E-state index contributed by atoms with van der Waals surface area (Å²) in [5.41, 5.74) is 5.71. The average Bonchev–Trinajstić information content (AvgIpc) is 3.17. The summed E-state index contributed by atoms with van der Waals surface area (Å²) >= 11 is 0. The summed E-state index contributed by atoms with van der Waals surface area (Å²) < 4.78 is 7.94. The molecule has 1 fully saturated rings. The molecule has 0 atom stereocenters. The molecule has 0 bridgehead atoms. The Labute approximate surface area is 177 Å². The largest absolute Gasteiger partial charge is 0.378 e. The number of aromatic nitrogens is 1.